The molecule has 2 unspecified atom stereocenters. The summed E-state index contributed by atoms with van der Waals surface area (Å²) >= 11 is 0. The van der Waals surface area contributed by atoms with Crippen LogP contribution < -0.4 is 0 Å². The summed E-state index contributed by atoms with van der Waals surface area (Å²) in [4.78, 5) is 0. The van der Waals surface area contributed by atoms with Crippen molar-refractivity contribution >= 4 is 40.6 Å². The van der Waals surface area contributed by atoms with Gasteiger partial charge in [-0.05, 0) is 19.8 Å². The van der Waals surface area contributed by atoms with Gasteiger partial charge in [0.25, 0.3) is 0 Å². The average molecular weight is 312 g/mol. The molecule has 0 aromatic heterocycles. The van der Waals surface area contributed by atoms with Gasteiger partial charge in [-0.15, -0.1) is 0 Å². The molecule has 1 heterocycles. The fourth-order valence-corrected chi connectivity index (χ4v) is 3.29. The standard InChI is InChI=1S/C7H15NO3S.Cl2OS/c1-6-3-4-7(5-9)8(6)12(2,10)11;1-4(2)3/h6-7,9H,3-5H2,1-2H3;. The van der Waals surface area contributed by atoms with E-state index >= 15 is 0 Å². The highest BCUT2D eigenvalue weighted by Crippen LogP contribution is 2.25. The maximum atomic E-state index is 11.2. The third-order valence-electron chi connectivity index (χ3n) is 2.31. The Kier molecular flexibility index (Phi) is 7.39. The van der Waals surface area contributed by atoms with E-state index in [1.165, 1.54) is 10.6 Å². The molecule has 0 spiro atoms. The molecule has 5 nitrogen and oxygen atoms in total. The Balaban J connectivity index is 0.000000487. The van der Waals surface area contributed by atoms with Crippen LogP contribution in [0.25, 0.3) is 0 Å². The van der Waals surface area contributed by atoms with Gasteiger partial charge < -0.3 is 5.11 Å². The lowest BCUT2D eigenvalue weighted by atomic mass is 10.2. The average Bonchev–Trinajstić information content (AvgIpc) is 2.44. The molecule has 1 N–H and O–H groups in total. The van der Waals surface area contributed by atoms with Crippen molar-refractivity contribution in [3.05, 3.63) is 0 Å². The van der Waals surface area contributed by atoms with Crippen LogP contribution in [-0.4, -0.2) is 47.0 Å². The van der Waals surface area contributed by atoms with Crippen LogP contribution in [0.5, 0.6) is 0 Å². The highest BCUT2D eigenvalue weighted by molar-refractivity contribution is 8.26. The van der Waals surface area contributed by atoms with E-state index in [4.69, 9.17) is 9.32 Å². The van der Waals surface area contributed by atoms with Crippen molar-refractivity contribution in [3.63, 3.8) is 0 Å². The molecule has 0 aromatic carbocycles. The van der Waals surface area contributed by atoms with E-state index in [1.807, 2.05) is 6.92 Å². The lowest BCUT2D eigenvalue weighted by Gasteiger charge is -2.24. The fraction of sp³-hybridized carbons (Fsp3) is 1.00. The van der Waals surface area contributed by atoms with Gasteiger partial charge in [0.1, 0.15) is 0 Å². The summed E-state index contributed by atoms with van der Waals surface area (Å²) in [7, 11) is 4.22. The van der Waals surface area contributed by atoms with E-state index in [0.717, 1.165) is 12.8 Å². The summed E-state index contributed by atoms with van der Waals surface area (Å²) in [6.45, 7) is 1.80. The topological polar surface area (TPSA) is 74.7 Å². The monoisotopic (exact) mass is 311 g/mol. The lowest BCUT2D eigenvalue weighted by molar-refractivity contribution is 0.201. The Morgan fingerprint density at radius 3 is 2.12 bits per heavy atom. The van der Waals surface area contributed by atoms with Crippen molar-refractivity contribution in [1.29, 1.82) is 0 Å². The molecular weight excluding hydrogens is 297 g/mol. The van der Waals surface area contributed by atoms with Crippen LogP contribution in [0.1, 0.15) is 19.8 Å². The number of aliphatic hydroxyl groups is 1. The normalized spacial score (nSPS) is 26.6. The molecule has 0 saturated carbocycles. The van der Waals surface area contributed by atoms with Gasteiger partial charge in [-0.3, -0.25) is 0 Å². The number of sulfonamides is 1. The van der Waals surface area contributed by atoms with Gasteiger partial charge in [0, 0.05) is 33.4 Å². The summed E-state index contributed by atoms with van der Waals surface area (Å²) in [5, 5.41) is 8.91. The first-order valence-electron chi connectivity index (χ1n) is 4.53. The number of aliphatic hydroxyl groups excluding tert-OH is 1. The van der Waals surface area contributed by atoms with Gasteiger partial charge in [-0.1, -0.05) is 0 Å². The van der Waals surface area contributed by atoms with Gasteiger partial charge in [0.2, 0.25) is 19.2 Å². The molecule has 0 radical (unpaired) electrons. The Morgan fingerprint density at radius 1 is 1.44 bits per heavy atom. The largest absolute Gasteiger partial charge is 0.395 e. The van der Waals surface area contributed by atoms with Crippen molar-refractivity contribution in [1.82, 2.24) is 4.31 Å². The van der Waals surface area contributed by atoms with Crippen molar-refractivity contribution in [2.24, 2.45) is 0 Å². The van der Waals surface area contributed by atoms with Crippen molar-refractivity contribution in [3.8, 4) is 0 Å². The molecule has 1 fully saturated rings. The van der Waals surface area contributed by atoms with Gasteiger partial charge in [-0.25, -0.2) is 12.6 Å². The number of rotatable bonds is 2. The van der Waals surface area contributed by atoms with E-state index in [9.17, 15) is 8.42 Å². The molecule has 9 heteroatoms. The van der Waals surface area contributed by atoms with E-state index in [0.29, 0.717) is 0 Å². The van der Waals surface area contributed by atoms with Crippen LogP contribution in [0, 0.1) is 0 Å². The van der Waals surface area contributed by atoms with Crippen molar-refractivity contribution in [2.45, 2.75) is 31.8 Å². The van der Waals surface area contributed by atoms with Crippen molar-refractivity contribution < 1.29 is 17.7 Å². The van der Waals surface area contributed by atoms with Crippen LogP contribution in [0.4, 0.5) is 0 Å². The van der Waals surface area contributed by atoms with Crippen molar-refractivity contribution in [2.75, 3.05) is 12.9 Å². The predicted octanol–water partition coefficient (Wildman–Crippen LogP) is 0.834. The maximum Gasteiger partial charge on any atom is 0.211 e. The highest BCUT2D eigenvalue weighted by Gasteiger charge is 2.36. The van der Waals surface area contributed by atoms with Gasteiger partial charge >= 0.3 is 0 Å². The van der Waals surface area contributed by atoms with Gasteiger partial charge in [0.15, 0.2) is 0 Å². The van der Waals surface area contributed by atoms with E-state index in [2.05, 4.69) is 21.4 Å². The first kappa shape index (κ1) is 16.6. The molecule has 1 saturated heterocycles. The second kappa shape index (κ2) is 7.13. The van der Waals surface area contributed by atoms with Crippen LogP contribution in [0.15, 0.2) is 0 Å². The number of nitrogens with zero attached hydrogens (tertiary/aromatic N) is 1. The Labute approximate surface area is 107 Å². The minimum atomic E-state index is -3.14. The third-order valence-corrected chi connectivity index (χ3v) is 3.73. The lowest BCUT2D eigenvalue weighted by Crippen LogP contribution is -2.40. The number of halogens is 2. The SMILES string of the molecule is CC1CCC(CO)N1S(C)(=O)=O.O=S(Cl)Cl. The molecule has 2 atom stereocenters. The van der Waals surface area contributed by atoms with E-state index < -0.39 is 19.2 Å². The minimum absolute atomic E-state index is 0.0390. The third kappa shape index (κ3) is 5.79. The van der Waals surface area contributed by atoms with E-state index in [-0.39, 0.29) is 18.7 Å². The quantitative estimate of drug-likeness (QED) is 0.767. The molecule has 16 heavy (non-hydrogen) atoms. The Bertz CT molecular complexity index is 331. The first-order valence-corrected chi connectivity index (χ1v) is 9.18. The summed E-state index contributed by atoms with van der Waals surface area (Å²) in [5.41, 5.74) is 0. The molecule has 0 amide bonds. The second-order valence-corrected chi connectivity index (χ2v) is 7.95. The Hall–Kier alpha value is 0.600. The second-order valence-electron chi connectivity index (χ2n) is 3.54. The summed E-state index contributed by atoms with van der Waals surface area (Å²) in [6.07, 6.45) is 2.81. The first-order chi connectivity index (χ1) is 7.20. The highest BCUT2D eigenvalue weighted by atomic mass is 36.0. The van der Waals surface area contributed by atoms with Crippen LogP contribution in [-0.2, 0) is 19.2 Å². The zero-order valence-electron chi connectivity index (χ0n) is 8.97. The molecule has 1 aliphatic rings. The molecule has 0 bridgehead atoms. The molecule has 1 rings (SSSR count). The summed E-state index contributed by atoms with van der Waals surface area (Å²) < 4.78 is 33.0. The summed E-state index contributed by atoms with van der Waals surface area (Å²) in [5.74, 6) is 0. The summed E-state index contributed by atoms with van der Waals surface area (Å²) in [6, 6.07) is -0.160. The van der Waals surface area contributed by atoms with Crippen LogP contribution >= 0.6 is 21.4 Å². The molecule has 1 aliphatic heterocycles. The maximum absolute atomic E-state index is 11.2. The van der Waals surface area contributed by atoms with Crippen LogP contribution in [0.3, 0.4) is 0 Å². The number of hydrogen-bond donors (Lipinski definition) is 1. The molecule has 0 aromatic rings. The van der Waals surface area contributed by atoms with Crippen LogP contribution in [0.2, 0.25) is 0 Å². The van der Waals surface area contributed by atoms with Gasteiger partial charge in [-0.2, -0.15) is 4.31 Å². The fourth-order valence-electron chi connectivity index (χ4n) is 1.82. The van der Waals surface area contributed by atoms with Gasteiger partial charge in [0.05, 0.1) is 12.9 Å². The zero-order chi connectivity index (χ0) is 12.9. The zero-order valence-corrected chi connectivity index (χ0v) is 12.1. The minimum Gasteiger partial charge on any atom is -0.395 e. The molecule has 98 valence electrons. The predicted molar refractivity (Wildman–Crippen MR) is 66.1 cm³/mol. The Morgan fingerprint density at radius 2 is 1.88 bits per heavy atom. The van der Waals surface area contributed by atoms with E-state index in [1.54, 1.807) is 0 Å². The molecular formula is C7H15Cl2NO4S2. The molecule has 0 aliphatic carbocycles. The number of hydrogen-bond acceptors (Lipinski definition) is 4. The smallest absolute Gasteiger partial charge is 0.211 e.